The van der Waals surface area contributed by atoms with Crippen molar-refractivity contribution >= 4 is 15.9 Å². The molecule has 0 saturated carbocycles. The number of likely N-dealkylation sites (tertiary alicyclic amines) is 1. The van der Waals surface area contributed by atoms with Crippen LogP contribution in [0.1, 0.15) is 38.7 Å². The van der Waals surface area contributed by atoms with Crippen LogP contribution in [-0.2, 0) is 14.8 Å². The van der Waals surface area contributed by atoms with E-state index in [1.54, 1.807) is 16.4 Å². The predicted octanol–water partition coefficient (Wildman–Crippen LogP) is 2.24. The van der Waals surface area contributed by atoms with Crippen molar-refractivity contribution in [3.63, 3.8) is 0 Å². The largest absolute Gasteiger partial charge is 0.356 e. The standard InChI is InChI=1S/C22H33N3O3S/c1-17(2)14-24-15-21(22(16-24)8-11-23-20(22)26)9-12-25(13-10-21)29(27,28)19-6-4-18(3)5-7-19/h4-7,17H,8-16H2,1-3H3,(H,23,26)/t22-/m1/s1. The number of hydrogen-bond donors (Lipinski definition) is 1. The van der Waals surface area contributed by atoms with E-state index in [4.69, 9.17) is 0 Å². The number of aryl methyl sites for hydroxylation is 1. The molecule has 4 rings (SSSR count). The fraction of sp³-hybridized carbons (Fsp3) is 0.682. The number of piperidine rings is 1. The zero-order valence-corrected chi connectivity index (χ0v) is 18.6. The third-order valence-corrected chi connectivity index (χ3v) is 9.18. The van der Waals surface area contributed by atoms with E-state index >= 15 is 0 Å². The summed E-state index contributed by atoms with van der Waals surface area (Å²) in [4.78, 5) is 15.8. The highest BCUT2D eigenvalue weighted by Gasteiger charge is 2.63. The van der Waals surface area contributed by atoms with Gasteiger partial charge in [0.05, 0.1) is 10.3 Å². The van der Waals surface area contributed by atoms with E-state index in [0.717, 1.165) is 51.0 Å². The van der Waals surface area contributed by atoms with Crippen molar-refractivity contribution in [3.05, 3.63) is 29.8 Å². The van der Waals surface area contributed by atoms with Crippen molar-refractivity contribution in [1.29, 1.82) is 0 Å². The Kier molecular flexibility index (Phi) is 5.28. The molecular weight excluding hydrogens is 386 g/mol. The van der Waals surface area contributed by atoms with E-state index in [1.165, 1.54) is 0 Å². The Labute approximate surface area is 174 Å². The van der Waals surface area contributed by atoms with Crippen LogP contribution in [-0.4, -0.2) is 62.8 Å². The van der Waals surface area contributed by atoms with Gasteiger partial charge in [0.25, 0.3) is 0 Å². The second kappa shape index (κ2) is 7.36. The summed E-state index contributed by atoms with van der Waals surface area (Å²) in [6, 6.07) is 7.08. The lowest BCUT2D eigenvalue weighted by Gasteiger charge is -2.46. The highest BCUT2D eigenvalue weighted by atomic mass is 32.2. The summed E-state index contributed by atoms with van der Waals surface area (Å²) in [5.41, 5.74) is 0.565. The first-order valence-electron chi connectivity index (χ1n) is 10.8. The number of fused-ring (bicyclic) bond motifs is 1. The summed E-state index contributed by atoms with van der Waals surface area (Å²) in [5.74, 6) is 0.729. The van der Waals surface area contributed by atoms with Gasteiger partial charge in [-0.1, -0.05) is 31.5 Å². The van der Waals surface area contributed by atoms with Crippen LogP contribution in [0.15, 0.2) is 29.2 Å². The number of sulfonamides is 1. The average molecular weight is 420 g/mol. The van der Waals surface area contributed by atoms with Crippen LogP contribution in [0.3, 0.4) is 0 Å². The molecule has 1 aromatic carbocycles. The first-order chi connectivity index (χ1) is 13.7. The molecule has 3 aliphatic heterocycles. The summed E-state index contributed by atoms with van der Waals surface area (Å²) in [7, 11) is -3.49. The van der Waals surface area contributed by atoms with Gasteiger partial charge in [-0.25, -0.2) is 8.42 Å². The molecule has 6 nitrogen and oxygen atoms in total. The van der Waals surface area contributed by atoms with E-state index in [2.05, 4.69) is 24.1 Å². The number of nitrogens with one attached hydrogen (secondary N) is 1. The summed E-state index contributed by atoms with van der Waals surface area (Å²) in [6.45, 7) is 10.8. The topological polar surface area (TPSA) is 69.7 Å². The molecule has 1 aromatic rings. The lowest BCUT2D eigenvalue weighted by atomic mass is 9.60. The number of carbonyl (C=O) groups excluding carboxylic acids is 1. The third kappa shape index (κ3) is 3.41. The number of amides is 1. The normalized spacial score (nSPS) is 27.9. The molecule has 0 radical (unpaired) electrons. The molecule has 1 N–H and O–H groups in total. The van der Waals surface area contributed by atoms with Crippen molar-refractivity contribution in [2.45, 2.75) is 44.9 Å². The minimum atomic E-state index is -3.49. The monoisotopic (exact) mass is 419 g/mol. The Morgan fingerprint density at radius 2 is 1.72 bits per heavy atom. The van der Waals surface area contributed by atoms with Gasteiger partial charge >= 0.3 is 0 Å². The fourth-order valence-corrected chi connectivity index (χ4v) is 7.25. The second-order valence-corrected chi connectivity index (χ2v) is 11.6. The zero-order chi connectivity index (χ0) is 20.9. The van der Waals surface area contributed by atoms with Crippen LogP contribution >= 0.6 is 0 Å². The second-order valence-electron chi connectivity index (χ2n) is 9.65. The Balaban J connectivity index is 1.56. The van der Waals surface area contributed by atoms with Gasteiger partial charge in [0.15, 0.2) is 0 Å². The summed E-state index contributed by atoms with van der Waals surface area (Å²) in [6.07, 6.45) is 2.37. The molecule has 3 saturated heterocycles. The molecule has 3 fully saturated rings. The van der Waals surface area contributed by atoms with Gasteiger partial charge in [-0.3, -0.25) is 4.79 Å². The van der Waals surface area contributed by atoms with Crippen LogP contribution in [0, 0.1) is 23.7 Å². The molecule has 0 bridgehead atoms. The van der Waals surface area contributed by atoms with E-state index < -0.39 is 10.0 Å². The van der Waals surface area contributed by atoms with Gasteiger partial charge < -0.3 is 10.2 Å². The number of rotatable bonds is 4. The van der Waals surface area contributed by atoms with Crippen LogP contribution in [0.4, 0.5) is 0 Å². The summed E-state index contributed by atoms with van der Waals surface area (Å²) < 4.78 is 27.9. The quantitative estimate of drug-likeness (QED) is 0.813. The van der Waals surface area contributed by atoms with Crippen LogP contribution in [0.5, 0.6) is 0 Å². The van der Waals surface area contributed by atoms with E-state index in [0.29, 0.717) is 23.9 Å². The highest BCUT2D eigenvalue weighted by Crippen LogP contribution is 2.56. The molecule has 3 heterocycles. The Bertz CT molecular complexity index is 873. The first-order valence-corrected chi connectivity index (χ1v) is 12.2. The average Bonchev–Trinajstić information content (AvgIpc) is 3.17. The molecule has 1 atom stereocenters. The number of hydrogen-bond acceptors (Lipinski definition) is 4. The lowest BCUT2D eigenvalue weighted by Crippen LogP contribution is -2.53. The van der Waals surface area contributed by atoms with Crippen LogP contribution in [0.2, 0.25) is 0 Å². The fourth-order valence-electron chi connectivity index (χ4n) is 5.81. The van der Waals surface area contributed by atoms with Crippen molar-refractivity contribution in [1.82, 2.24) is 14.5 Å². The Hall–Kier alpha value is -1.44. The van der Waals surface area contributed by atoms with Crippen LogP contribution in [0.25, 0.3) is 0 Å². The van der Waals surface area contributed by atoms with Gasteiger partial charge in [0, 0.05) is 44.7 Å². The van der Waals surface area contributed by atoms with Crippen molar-refractivity contribution in [2.24, 2.45) is 16.7 Å². The molecule has 0 unspecified atom stereocenters. The molecule has 1 amide bonds. The Morgan fingerprint density at radius 3 is 2.28 bits per heavy atom. The summed E-state index contributed by atoms with van der Waals surface area (Å²) >= 11 is 0. The molecule has 29 heavy (non-hydrogen) atoms. The van der Waals surface area contributed by atoms with Crippen molar-refractivity contribution in [2.75, 3.05) is 39.3 Å². The Morgan fingerprint density at radius 1 is 1.07 bits per heavy atom. The van der Waals surface area contributed by atoms with E-state index in [9.17, 15) is 13.2 Å². The molecule has 0 aliphatic carbocycles. The van der Waals surface area contributed by atoms with Crippen molar-refractivity contribution < 1.29 is 13.2 Å². The molecule has 2 spiro atoms. The first kappa shape index (κ1) is 20.8. The zero-order valence-electron chi connectivity index (χ0n) is 17.8. The molecule has 160 valence electrons. The molecule has 3 aliphatic rings. The van der Waals surface area contributed by atoms with E-state index in [-0.39, 0.29) is 16.7 Å². The highest BCUT2D eigenvalue weighted by molar-refractivity contribution is 7.89. The molecular formula is C22H33N3O3S. The number of nitrogens with zero attached hydrogens (tertiary/aromatic N) is 2. The minimum absolute atomic E-state index is 0.123. The summed E-state index contributed by atoms with van der Waals surface area (Å²) in [5, 5.41) is 3.07. The smallest absolute Gasteiger partial charge is 0.243 e. The maximum absolute atomic E-state index is 13.1. The van der Waals surface area contributed by atoms with Gasteiger partial charge in [-0.05, 0) is 44.2 Å². The number of carbonyl (C=O) groups is 1. The number of benzene rings is 1. The minimum Gasteiger partial charge on any atom is -0.356 e. The maximum atomic E-state index is 13.1. The molecule has 7 heteroatoms. The lowest BCUT2D eigenvalue weighted by molar-refractivity contribution is -0.133. The van der Waals surface area contributed by atoms with Gasteiger partial charge in [-0.15, -0.1) is 0 Å². The van der Waals surface area contributed by atoms with Gasteiger partial charge in [0.1, 0.15) is 0 Å². The van der Waals surface area contributed by atoms with Crippen LogP contribution < -0.4 is 5.32 Å². The van der Waals surface area contributed by atoms with Gasteiger partial charge in [0.2, 0.25) is 15.9 Å². The maximum Gasteiger partial charge on any atom is 0.243 e. The van der Waals surface area contributed by atoms with Crippen molar-refractivity contribution in [3.8, 4) is 0 Å². The van der Waals surface area contributed by atoms with Gasteiger partial charge in [-0.2, -0.15) is 4.31 Å². The third-order valence-electron chi connectivity index (χ3n) is 7.27. The predicted molar refractivity (Wildman–Crippen MR) is 113 cm³/mol. The van der Waals surface area contributed by atoms with E-state index in [1.807, 2.05) is 19.1 Å². The molecule has 0 aromatic heterocycles. The SMILES string of the molecule is Cc1ccc(S(=O)(=O)N2CCC3(CC2)CN(CC(C)C)C[C@@]32CCNC2=O)cc1.